The largest absolute Gasteiger partial charge is 0.497 e. The normalized spacial score (nSPS) is 21.6. The fourth-order valence-electron chi connectivity index (χ4n) is 2.56. The number of aromatic amines is 1. The van der Waals surface area contributed by atoms with Crippen molar-refractivity contribution in [2.45, 2.75) is 36.2 Å². The molecule has 1 aromatic heterocycles. The van der Waals surface area contributed by atoms with E-state index in [1.165, 1.54) is 11.1 Å². The number of aromatic nitrogens is 3. The average Bonchev–Trinajstić information content (AvgIpc) is 2.87. The minimum atomic E-state index is -0.0161. The Bertz CT molecular complexity index is 613. The molecule has 0 radical (unpaired) electrons. The van der Waals surface area contributed by atoms with Crippen LogP contribution in [0.25, 0.3) is 0 Å². The van der Waals surface area contributed by atoms with Gasteiger partial charge in [0, 0.05) is 11.3 Å². The van der Waals surface area contributed by atoms with E-state index in [1.54, 1.807) is 18.9 Å². The van der Waals surface area contributed by atoms with Crippen LogP contribution in [0.2, 0.25) is 0 Å². The van der Waals surface area contributed by atoms with Gasteiger partial charge in [-0.2, -0.15) is 0 Å². The summed E-state index contributed by atoms with van der Waals surface area (Å²) in [5.74, 6) is 1.69. The van der Waals surface area contributed by atoms with Gasteiger partial charge in [-0.25, -0.2) is 4.98 Å². The van der Waals surface area contributed by atoms with Crippen LogP contribution in [0.3, 0.4) is 0 Å². The first kappa shape index (κ1) is 13.5. The summed E-state index contributed by atoms with van der Waals surface area (Å²) in [4.78, 5) is 4.34. The number of methoxy groups -OCH3 is 1. The van der Waals surface area contributed by atoms with E-state index >= 15 is 0 Å². The molecule has 1 aliphatic carbocycles. The maximum absolute atomic E-state index is 6.43. The van der Waals surface area contributed by atoms with E-state index < -0.39 is 0 Å². The molecule has 0 fully saturated rings. The predicted molar refractivity (Wildman–Crippen MR) is 79.0 cm³/mol. The fraction of sp³-hybridized carbons (Fsp3) is 0.429. The highest BCUT2D eigenvalue weighted by atomic mass is 32.2. The molecule has 3 N–H and O–H groups in total. The zero-order chi connectivity index (χ0) is 14.1. The highest BCUT2D eigenvalue weighted by Crippen LogP contribution is 2.38. The summed E-state index contributed by atoms with van der Waals surface area (Å²) in [6.07, 6.45) is 2.08. The lowest BCUT2D eigenvalue weighted by atomic mass is 9.87. The first-order valence-corrected chi connectivity index (χ1v) is 7.53. The van der Waals surface area contributed by atoms with Crippen LogP contribution in [0.15, 0.2) is 23.4 Å². The van der Waals surface area contributed by atoms with Gasteiger partial charge in [-0.1, -0.05) is 17.8 Å². The number of benzene rings is 1. The number of ether oxygens (including phenoxy) is 1. The summed E-state index contributed by atoms with van der Waals surface area (Å²) in [7, 11) is 1.68. The number of nitrogens with zero attached hydrogens (tertiary/aromatic N) is 2. The zero-order valence-corrected chi connectivity index (χ0v) is 12.4. The lowest BCUT2D eigenvalue weighted by Crippen LogP contribution is -2.29. The Morgan fingerprint density at radius 3 is 3.00 bits per heavy atom. The fourth-order valence-corrected chi connectivity index (χ4v) is 3.65. The van der Waals surface area contributed by atoms with Crippen molar-refractivity contribution in [3.8, 4) is 5.75 Å². The first-order chi connectivity index (χ1) is 9.67. The topological polar surface area (TPSA) is 76.8 Å². The van der Waals surface area contributed by atoms with Crippen molar-refractivity contribution in [2.24, 2.45) is 5.73 Å². The smallest absolute Gasteiger partial charge is 0.208 e. The van der Waals surface area contributed by atoms with E-state index in [0.717, 1.165) is 29.6 Å². The SMILES string of the molecule is COc1ccc2c(c1)C(N)C(Sc1n[nH]c(C)n1)CC2. The second kappa shape index (κ2) is 5.46. The highest BCUT2D eigenvalue weighted by Gasteiger charge is 2.28. The number of hydrogen-bond acceptors (Lipinski definition) is 5. The first-order valence-electron chi connectivity index (χ1n) is 6.65. The molecule has 0 saturated heterocycles. The number of nitrogens with two attached hydrogens (primary N) is 1. The molecular formula is C14H18N4OS. The Hall–Kier alpha value is -1.53. The minimum Gasteiger partial charge on any atom is -0.497 e. The van der Waals surface area contributed by atoms with E-state index in [2.05, 4.69) is 27.3 Å². The molecule has 0 saturated carbocycles. The van der Waals surface area contributed by atoms with Gasteiger partial charge in [0.15, 0.2) is 0 Å². The summed E-state index contributed by atoms with van der Waals surface area (Å²) in [5.41, 5.74) is 8.93. The summed E-state index contributed by atoms with van der Waals surface area (Å²) >= 11 is 1.65. The molecule has 1 aliphatic rings. The van der Waals surface area contributed by atoms with Crippen LogP contribution < -0.4 is 10.5 Å². The Balaban J connectivity index is 1.82. The van der Waals surface area contributed by atoms with Crippen LogP contribution >= 0.6 is 11.8 Å². The van der Waals surface area contributed by atoms with Gasteiger partial charge in [-0.05, 0) is 43.0 Å². The van der Waals surface area contributed by atoms with E-state index in [4.69, 9.17) is 10.5 Å². The van der Waals surface area contributed by atoms with Crippen LogP contribution in [0.5, 0.6) is 5.75 Å². The van der Waals surface area contributed by atoms with E-state index in [9.17, 15) is 0 Å². The average molecular weight is 290 g/mol. The number of H-pyrrole nitrogens is 1. The van der Waals surface area contributed by atoms with E-state index in [0.29, 0.717) is 5.25 Å². The molecule has 2 atom stereocenters. The molecule has 0 spiro atoms. The lowest BCUT2D eigenvalue weighted by Gasteiger charge is -2.30. The molecule has 106 valence electrons. The van der Waals surface area contributed by atoms with Gasteiger partial charge < -0.3 is 10.5 Å². The second-order valence-corrected chi connectivity index (χ2v) is 6.20. The Morgan fingerprint density at radius 1 is 1.45 bits per heavy atom. The molecule has 1 aromatic carbocycles. The van der Waals surface area contributed by atoms with Gasteiger partial charge in [0.1, 0.15) is 11.6 Å². The number of rotatable bonds is 3. The van der Waals surface area contributed by atoms with Gasteiger partial charge in [0.05, 0.1) is 7.11 Å². The van der Waals surface area contributed by atoms with Gasteiger partial charge in [0.2, 0.25) is 5.16 Å². The number of hydrogen-bond donors (Lipinski definition) is 2. The lowest BCUT2D eigenvalue weighted by molar-refractivity contribution is 0.412. The maximum atomic E-state index is 6.43. The maximum Gasteiger partial charge on any atom is 0.208 e. The van der Waals surface area contributed by atoms with Crippen molar-refractivity contribution in [3.63, 3.8) is 0 Å². The second-order valence-electron chi connectivity index (χ2n) is 4.99. The van der Waals surface area contributed by atoms with Crippen molar-refractivity contribution in [1.29, 1.82) is 0 Å². The number of nitrogens with one attached hydrogen (secondary N) is 1. The van der Waals surface area contributed by atoms with Gasteiger partial charge in [-0.15, -0.1) is 5.10 Å². The van der Waals surface area contributed by atoms with Crippen LogP contribution in [0.1, 0.15) is 29.4 Å². The van der Waals surface area contributed by atoms with Crippen LogP contribution in [0.4, 0.5) is 0 Å². The predicted octanol–water partition coefficient (Wildman–Crippen LogP) is 2.23. The van der Waals surface area contributed by atoms with Crippen molar-refractivity contribution in [2.75, 3.05) is 7.11 Å². The third-order valence-electron chi connectivity index (χ3n) is 3.64. The Kier molecular flexibility index (Phi) is 3.67. The van der Waals surface area contributed by atoms with Crippen molar-refractivity contribution >= 4 is 11.8 Å². The molecule has 0 bridgehead atoms. The number of aryl methyl sites for hydroxylation is 2. The van der Waals surface area contributed by atoms with Crippen LogP contribution in [0, 0.1) is 6.92 Å². The molecule has 20 heavy (non-hydrogen) atoms. The Morgan fingerprint density at radius 2 is 2.30 bits per heavy atom. The summed E-state index contributed by atoms with van der Waals surface area (Å²) in [5, 5.41) is 8.12. The quantitative estimate of drug-likeness (QED) is 0.906. The van der Waals surface area contributed by atoms with Gasteiger partial charge in [0.25, 0.3) is 0 Å². The van der Waals surface area contributed by atoms with Crippen molar-refractivity contribution in [3.05, 3.63) is 35.2 Å². The van der Waals surface area contributed by atoms with Gasteiger partial charge >= 0.3 is 0 Å². The molecule has 2 unspecified atom stereocenters. The molecule has 0 amide bonds. The summed E-state index contributed by atoms with van der Waals surface area (Å²) < 4.78 is 5.29. The molecule has 6 heteroatoms. The van der Waals surface area contributed by atoms with E-state index in [-0.39, 0.29) is 6.04 Å². The monoisotopic (exact) mass is 290 g/mol. The number of thioether (sulfide) groups is 1. The summed E-state index contributed by atoms with van der Waals surface area (Å²) in [6.45, 7) is 1.90. The molecule has 1 heterocycles. The molecule has 5 nitrogen and oxygen atoms in total. The molecular weight excluding hydrogens is 272 g/mol. The number of fused-ring (bicyclic) bond motifs is 1. The van der Waals surface area contributed by atoms with E-state index in [1.807, 2.05) is 13.0 Å². The van der Waals surface area contributed by atoms with Crippen molar-refractivity contribution < 1.29 is 4.74 Å². The third-order valence-corrected chi connectivity index (χ3v) is 4.87. The zero-order valence-electron chi connectivity index (χ0n) is 11.6. The van der Waals surface area contributed by atoms with Crippen LogP contribution in [-0.4, -0.2) is 27.5 Å². The third kappa shape index (κ3) is 2.53. The summed E-state index contributed by atoms with van der Waals surface area (Å²) in [6, 6.07) is 6.15. The van der Waals surface area contributed by atoms with Crippen LogP contribution in [-0.2, 0) is 6.42 Å². The molecule has 0 aliphatic heterocycles. The Labute approximate surface area is 122 Å². The standard InChI is InChI=1S/C14H18N4OS/c1-8-16-14(18-17-8)20-12-6-4-9-3-5-10(19-2)7-11(9)13(12)15/h3,5,7,12-13H,4,6,15H2,1-2H3,(H,16,17,18). The highest BCUT2D eigenvalue weighted by molar-refractivity contribution is 7.99. The van der Waals surface area contributed by atoms with Crippen molar-refractivity contribution in [1.82, 2.24) is 15.2 Å². The molecule has 2 aromatic rings. The molecule has 3 rings (SSSR count). The van der Waals surface area contributed by atoms with Gasteiger partial charge in [-0.3, -0.25) is 5.10 Å². The minimum absolute atomic E-state index is 0.0161.